The van der Waals surface area contributed by atoms with Gasteiger partial charge in [-0.2, -0.15) is 5.10 Å². The minimum atomic E-state index is 0.435. The Morgan fingerprint density at radius 2 is 2.25 bits per heavy atom. The Balaban J connectivity index is 2.80. The van der Waals surface area contributed by atoms with Gasteiger partial charge in [-0.15, -0.1) is 5.10 Å². The minimum Gasteiger partial charge on any atom is -0.493 e. The van der Waals surface area contributed by atoms with E-state index in [0.29, 0.717) is 11.8 Å². The van der Waals surface area contributed by atoms with Crippen LogP contribution in [0.2, 0.25) is 0 Å². The monoisotopic (exact) mass is 237 g/mol. The van der Waals surface area contributed by atoms with E-state index in [0.717, 1.165) is 11.3 Å². The van der Waals surface area contributed by atoms with E-state index in [2.05, 4.69) is 10.2 Å². The third-order valence-corrected chi connectivity index (χ3v) is 2.28. The molecular formula is C11H15N3OS. The molecule has 86 valence electrons. The van der Waals surface area contributed by atoms with Crippen LogP contribution in [0.15, 0.2) is 34.5 Å². The van der Waals surface area contributed by atoms with Crippen molar-refractivity contribution in [1.82, 2.24) is 0 Å². The van der Waals surface area contributed by atoms with Crippen molar-refractivity contribution in [2.75, 3.05) is 12.9 Å². The van der Waals surface area contributed by atoms with Gasteiger partial charge < -0.3 is 10.5 Å². The van der Waals surface area contributed by atoms with Gasteiger partial charge in [0.1, 0.15) is 5.75 Å². The molecule has 0 unspecified atom stereocenters. The van der Waals surface area contributed by atoms with Crippen molar-refractivity contribution in [3.8, 4) is 5.75 Å². The van der Waals surface area contributed by atoms with E-state index in [4.69, 9.17) is 10.5 Å². The molecule has 0 fully saturated rings. The van der Waals surface area contributed by atoms with Crippen LogP contribution in [-0.2, 0) is 0 Å². The largest absolute Gasteiger partial charge is 0.493 e. The molecule has 0 heterocycles. The molecule has 0 radical (unpaired) electrons. The van der Waals surface area contributed by atoms with Crippen LogP contribution in [0.4, 0.5) is 0 Å². The Bertz CT molecular complexity index is 391. The maximum atomic E-state index is 5.50. The van der Waals surface area contributed by atoms with E-state index in [1.165, 1.54) is 11.8 Å². The molecule has 0 spiro atoms. The van der Waals surface area contributed by atoms with Crippen molar-refractivity contribution in [1.29, 1.82) is 0 Å². The summed E-state index contributed by atoms with van der Waals surface area (Å²) in [4.78, 5) is 0. The molecule has 0 aliphatic heterocycles. The molecule has 0 aliphatic carbocycles. The molecule has 2 N–H and O–H groups in total. The number of hydrogen-bond acceptors (Lipinski definition) is 4. The number of thioether (sulfide) groups is 1. The zero-order valence-electron chi connectivity index (χ0n) is 9.38. The van der Waals surface area contributed by atoms with Crippen LogP contribution in [-0.4, -0.2) is 24.2 Å². The number of ether oxygens (including phenoxy) is 1. The summed E-state index contributed by atoms with van der Waals surface area (Å²) in [6, 6.07) is 7.65. The van der Waals surface area contributed by atoms with E-state index >= 15 is 0 Å². The van der Waals surface area contributed by atoms with Crippen LogP contribution in [0.3, 0.4) is 0 Å². The van der Waals surface area contributed by atoms with Gasteiger partial charge in [0.15, 0.2) is 5.17 Å². The molecule has 0 bridgehead atoms. The van der Waals surface area contributed by atoms with E-state index in [-0.39, 0.29) is 0 Å². The molecule has 0 saturated carbocycles. The second-order valence-corrected chi connectivity index (χ2v) is 3.68. The first-order chi connectivity index (χ1) is 7.77. The number of para-hydroxylation sites is 1. The summed E-state index contributed by atoms with van der Waals surface area (Å²) < 4.78 is 5.44. The number of nitrogens with two attached hydrogens (primary N) is 1. The highest BCUT2D eigenvalue weighted by Crippen LogP contribution is 2.15. The van der Waals surface area contributed by atoms with E-state index < -0.39 is 0 Å². The van der Waals surface area contributed by atoms with Gasteiger partial charge in [-0.3, -0.25) is 0 Å². The van der Waals surface area contributed by atoms with Gasteiger partial charge in [-0.1, -0.05) is 23.9 Å². The SMILES string of the molecule is CCOc1ccccc1/C=N\N=C(/N)SC. The average Bonchev–Trinajstić information content (AvgIpc) is 2.31. The van der Waals surface area contributed by atoms with Crippen LogP contribution in [0, 0.1) is 0 Å². The molecule has 0 amide bonds. The number of nitrogens with zero attached hydrogens (tertiary/aromatic N) is 2. The highest BCUT2D eigenvalue weighted by Gasteiger charge is 1.98. The van der Waals surface area contributed by atoms with Crippen LogP contribution in [0.1, 0.15) is 12.5 Å². The molecular weight excluding hydrogens is 222 g/mol. The number of rotatable bonds is 4. The predicted octanol–water partition coefficient (Wildman–Crippen LogP) is 2.10. The standard InChI is InChI=1S/C11H15N3OS/c1-3-15-10-7-5-4-6-9(10)8-13-14-11(12)16-2/h4-8H,3H2,1-2H3,(H2,12,14)/b13-8-. The van der Waals surface area contributed by atoms with Crippen molar-refractivity contribution in [3.63, 3.8) is 0 Å². The van der Waals surface area contributed by atoms with E-state index in [1.54, 1.807) is 6.21 Å². The molecule has 1 aromatic rings. The first kappa shape index (κ1) is 12.6. The summed E-state index contributed by atoms with van der Waals surface area (Å²) in [6.45, 7) is 2.57. The Hall–Kier alpha value is -1.49. The normalized spacial score (nSPS) is 12.0. The molecule has 1 aromatic carbocycles. The lowest BCUT2D eigenvalue weighted by atomic mass is 10.2. The zero-order chi connectivity index (χ0) is 11.8. The molecule has 4 nitrogen and oxygen atoms in total. The maximum absolute atomic E-state index is 5.50. The fourth-order valence-electron chi connectivity index (χ4n) is 1.06. The van der Waals surface area contributed by atoms with Crippen molar-refractivity contribution >= 4 is 23.1 Å². The Morgan fingerprint density at radius 1 is 1.50 bits per heavy atom. The molecule has 0 saturated heterocycles. The van der Waals surface area contributed by atoms with Crippen molar-refractivity contribution in [2.24, 2.45) is 15.9 Å². The second-order valence-electron chi connectivity index (χ2n) is 2.86. The zero-order valence-corrected chi connectivity index (χ0v) is 10.2. The lowest BCUT2D eigenvalue weighted by Crippen LogP contribution is -2.04. The quantitative estimate of drug-likeness (QED) is 0.495. The van der Waals surface area contributed by atoms with Crippen molar-refractivity contribution in [2.45, 2.75) is 6.92 Å². The van der Waals surface area contributed by atoms with Gasteiger partial charge in [-0.05, 0) is 25.3 Å². The van der Waals surface area contributed by atoms with Crippen molar-refractivity contribution < 1.29 is 4.74 Å². The highest BCUT2D eigenvalue weighted by atomic mass is 32.2. The summed E-state index contributed by atoms with van der Waals surface area (Å²) in [5.74, 6) is 0.798. The number of hydrogen-bond donors (Lipinski definition) is 1. The molecule has 16 heavy (non-hydrogen) atoms. The van der Waals surface area contributed by atoms with Gasteiger partial charge in [0, 0.05) is 5.56 Å². The van der Waals surface area contributed by atoms with Gasteiger partial charge >= 0.3 is 0 Å². The van der Waals surface area contributed by atoms with E-state index in [9.17, 15) is 0 Å². The Labute approximate surface area is 99.6 Å². The molecule has 0 atom stereocenters. The average molecular weight is 237 g/mol. The molecule has 1 rings (SSSR count). The smallest absolute Gasteiger partial charge is 0.180 e. The minimum absolute atomic E-state index is 0.435. The summed E-state index contributed by atoms with van der Waals surface area (Å²) in [6.07, 6.45) is 3.48. The molecule has 5 heteroatoms. The number of amidine groups is 1. The lowest BCUT2D eigenvalue weighted by molar-refractivity contribution is 0.340. The van der Waals surface area contributed by atoms with Crippen LogP contribution < -0.4 is 10.5 Å². The summed E-state index contributed by atoms with van der Waals surface area (Å²) in [5, 5.41) is 8.14. The van der Waals surface area contributed by atoms with Gasteiger partial charge in [-0.25, -0.2) is 0 Å². The first-order valence-electron chi connectivity index (χ1n) is 4.90. The van der Waals surface area contributed by atoms with E-state index in [1.807, 2.05) is 37.4 Å². The maximum Gasteiger partial charge on any atom is 0.180 e. The Kier molecular flexibility index (Phi) is 5.42. The Morgan fingerprint density at radius 3 is 2.94 bits per heavy atom. The molecule has 0 aromatic heterocycles. The van der Waals surface area contributed by atoms with Crippen LogP contribution in [0.5, 0.6) is 5.75 Å². The van der Waals surface area contributed by atoms with Gasteiger partial charge in [0.2, 0.25) is 0 Å². The highest BCUT2D eigenvalue weighted by molar-refractivity contribution is 8.13. The summed E-state index contributed by atoms with van der Waals surface area (Å²) in [5.41, 5.74) is 6.39. The fourth-order valence-corrected chi connectivity index (χ4v) is 1.19. The van der Waals surface area contributed by atoms with Crippen molar-refractivity contribution in [3.05, 3.63) is 29.8 Å². The third-order valence-electron chi connectivity index (χ3n) is 1.78. The second kappa shape index (κ2) is 6.90. The third kappa shape index (κ3) is 3.94. The van der Waals surface area contributed by atoms with Gasteiger partial charge in [0.25, 0.3) is 0 Å². The summed E-state index contributed by atoms with van der Waals surface area (Å²) in [7, 11) is 0. The summed E-state index contributed by atoms with van der Waals surface area (Å²) >= 11 is 1.36. The molecule has 0 aliphatic rings. The number of benzene rings is 1. The lowest BCUT2D eigenvalue weighted by Gasteiger charge is -2.04. The fraction of sp³-hybridized carbons (Fsp3) is 0.273. The predicted molar refractivity (Wildman–Crippen MR) is 70.3 cm³/mol. The van der Waals surface area contributed by atoms with Crippen LogP contribution in [0.25, 0.3) is 0 Å². The van der Waals surface area contributed by atoms with Gasteiger partial charge in [0.05, 0.1) is 12.8 Å². The first-order valence-corrected chi connectivity index (χ1v) is 6.12. The van der Waals surface area contributed by atoms with Crippen LogP contribution >= 0.6 is 11.8 Å². The topological polar surface area (TPSA) is 60.0 Å².